The maximum atomic E-state index is 11.9. The number of carbonyl (C=O) groups is 1. The number of likely N-dealkylation sites (tertiary alicyclic amines) is 1. The number of rotatable bonds is 2. The molecule has 1 aliphatic rings. The molecule has 0 atom stereocenters. The van der Waals surface area contributed by atoms with Gasteiger partial charge in [-0.15, -0.1) is 11.3 Å². The van der Waals surface area contributed by atoms with Crippen molar-refractivity contribution in [1.82, 2.24) is 4.90 Å². The lowest BCUT2D eigenvalue weighted by molar-refractivity contribution is -0.0667. The lowest BCUT2D eigenvalue weighted by Gasteiger charge is -2.43. The molecular formula is C11H15NO2S. The summed E-state index contributed by atoms with van der Waals surface area (Å²) in [6.07, 6.45) is 0.968. The molecule has 2 heterocycles. The molecule has 1 saturated heterocycles. The summed E-state index contributed by atoms with van der Waals surface area (Å²) in [7, 11) is 0. The minimum absolute atomic E-state index is 0.0474. The van der Waals surface area contributed by atoms with Crippen LogP contribution in [0.3, 0.4) is 0 Å². The molecular weight excluding hydrogens is 210 g/mol. The van der Waals surface area contributed by atoms with E-state index < -0.39 is 5.60 Å². The third kappa shape index (κ3) is 2.06. The molecule has 4 heteroatoms. The molecule has 82 valence electrons. The van der Waals surface area contributed by atoms with Gasteiger partial charge in [0, 0.05) is 4.88 Å². The van der Waals surface area contributed by atoms with Gasteiger partial charge in [0.1, 0.15) is 0 Å². The van der Waals surface area contributed by atoms with Crippen LogP contribution >= 0.6 is 11.3 Å². The highest BCUT2D eigenvalue weighted by atomic mass is 32.1. The van der Waals surface area contributed by atoms with Gasteiger partial charge in [0.25, 0.3) is 5.91 Å². The summed E-state index contributed by atoms with van der Waals surface area (Å²) in [5.74, 6) is 0.0474. The van der Waals surface area contributed by atoms with Crippen molar-refractivity contribution in [2.24, 2.45) is 0 Å². The van der Waals surface area contributed by atoms with E-state index in [1.165, 1.54) is 4.88 Å². The lowest BCUT2D eigenvalue weighted by atomic mass is 9.97. The summed E-state index contributed by atoms with van der Waals surface area (Å²) in [5.41, 5.74) is -0.680. The molecule has 1 fully saturated rings. The summed E-state index contributed by atoms with van der Waals surface area (Å²) < 4.78 is 0. The van der Waals surface area contributed by atoms with Crippen molar-refractivity contribution >= 4 is 17.2 Å². The molecule has 3 nitrogen and oxygen atoms in total. The smallest absolute Gasteiger partial charge is 0.264 e. The molecule has 2 rings (SSSR count). The van der Waals surface area contributed by atoms with Crippen LogP contribution in [0.25, 0.3) is 0 Å². The normalized spacial score (nSPS) is 18.7. The number of β-amino-alcohol motifs (C(OH)–C–C–N with tert-alkyl or cyclic N) is 1. The van der Waals surface area contributed by atoms with Crippen LogP contribution in [-0.4, -0.2) is 34.6 Å². The molecule has 0 aliphatic carbocycles. The van der Waals surface area contributed by atoms with E-state index in [1.807, 2.05) is 12.1 Å². The highest BCUT2D eigenvalue weighted by molar-refractivity contribution is 7.14. The van der Waals surface area contributed by atoms with Crippen LogP contribution in [0.4, 0.5) is 0 Å². The van der Waals surface area contributed by atoms with E-state index >= 15 is 0 Å². The second-order valence-electron chi connectivity index (χ2n) is 4.28. The molecule has 1 aromatic heterocycles. The monoisotopic (exact) mass is 225 g/mol. The Labute approximate surface area is 93.3 Å². The van der Waals surface area contributed by atoms with Gasteiger partial charge < -0.3 is 10.0 Å². The molecule has 0 bridgehead atoms. The van der Waals surface area contributed by atoms with Crippen molar-refractivity contribution in [1.29, 1.82) is 0 Å². The van der Waals surface area contributed by atoms with Crippen LogP contribution in [0.1, 0.15) is 28.4 Å². The summed E-state index contributed by atoms with van der Waals surface area (Å²) in [5, 5.41) is 9.54. The van der Waals surface area contributed by atoms with Crippen molar-refractivity contribution in [3.05, 3.63) is 21.9 Å². The maximum absolute atomic E-state index is 11.9. The SMILES string of the molecule is CCc1ccc(C(=O)N2CC(C)(O)C2)s1. The van der Waals surface area contributed by atoms with Crippen molar-refractivity contribution in [3.63, 3.8) is 0 Å². The van der Waals surface area contributed by atoms with Crippen LogP contribution in [0.15, 0.2) is 12.1 Å². The molecule has 1 N–H and O–H groups in total. The van der Waals surface area contributed by atoms with Crippen molar-refractivity contribution in [2.45, 2.75) is 25.9 Å². The van der Waals surface area contributed by atoms with Crippen LogP contribution in [0, 0.1) is 0 Å². The van der Waals surface area contributed by atoms with E-state index in [-0.39, 0.29) is 5.91 Å². The Kier molecular flexibility index (Phi) is 2.56. The number of aryl methyl sites for hydroxylation is 1. The fourth-order valence-corrected chi connectivity index (χ4v) is 2.67. The van der Waals surface area contributed by atoms with Gasteiger partial charge in [0.05, 0.1) is 23.6 Å². The summed E-state index contributed by atoms with van der Waals surface area (Å²) in [4.78, 5) is 15.6. The van der Waals surface area contributed by atoms with Gasteiger partial charge >= 0.3 is 0 Å². The van der Waals surface area contributed by atoms with Gasteiger partial charge in [-0.1, -0.05) is 6.92 Å². The fraction of sp³-hybridized carbons (Fsp3) is 0.545. The molecule has 1 amide bonds. The average Bonchev–Trinajstić information content (AvgIpc) is 2.61. The average molecular weight is 225 g/mol. The Morgan fingerprint density at radius 1 is 1.60 bits per heavy atom. The number of amides is 1. The van der Waals surface area contributed by atoms with Gasteiger partial charge in [0.2, 0.25) is 0 Å². The zero-order valence-electron chi connectivity index (χ0n) is 8.99. The Morgan fingerprint density at radius 2 is 2.27 bits per heavy atom. The second-order valence-corrected chi connectivity index (χ2v) is 5.45. The summed E-state index contributed by atoms with van der Waals surface area (Å²) in [6.45, 7) is 4.73. The number of hydrogen-bond donors (Lipinski definition) is 1. The number of aliphatic hydroxyl groups is 1. The quantitative estimate of drug-likeness (QED) is 0.829. The fourth-order valence-electron chi connectivity index (χ4n) is 1.76. The van der Waals surface area contributed by atoms with Crippen LogP contribution in [0.2, 0.25) is 0 Å². The largest absolute Gasteiger partial charge is 0.386 e. The molecule has 0 aromatic carbocycles. The van der Waals surface area contributed by atoms with Gasteiger partial charge in [-0.3, -0.25) is 4.79 Å². The summed E-state index contributed by atoms with van der Waals surface area (Å²) in [6, 6.07) is 3.87. The first kappa shape index (κ1) is 10.6. The summed E-state index contributed by atoms with van der Waals surface area (Å²) >= 11 is 1.55. The second kappa shape index (κ2) is 3.61. The Bertz CT molecular complexity index is 376. The number of thiophene rings is 1. The number of nitrogens with zero attached hydrogens (tertiary/aromatic N) is 1. The molecule has 0 saturated carbocycles. The zero-order valence-corrected chi connectivity index (χ0v) is 9.80. The lowest BCUT2D eigenvalue weighted by Crippen LogP contribution is -2.61. The van der Waals surface area contributed by atoms with Gasteiger partial charge in [0.15, 0.2) is 0 Å². The Hall–Kier alpha value is -0.870. The molecule has 0 spiro atoms. The first-order valence-corrected chi connectivity index (χ1v) is 5.94. The van der Waals surface area contributed by atoms with Gasteiger partial charge in [-0.2, -0.15) is 0 Å². The highest BCUT2D eigenvalue weighted by Gasteiger charge is 2.39. The first-order chi connectivity index (χ1) is 7.02. The highest BCUT2D eigenvalue weighted by Crippen LogP contribution is 2.25. The van der Waals surface area contributed by atoms with Crippen LogP contribution in [0.5, 0.6) is 0 Å². The topological polar surface area (TPSA) is 40.5 Å². The first-order valence-electron chi connectivity index (χ1n) is 5.12. The van der Waals surface area contributed by atoms with Crippen LogP contribution in [-0.2, 0) is 6.42 Å². The molecule has 1 aliphatic heterocycles. The van der Waals surface area contributed by atoms with E-state index in [0.29, 0.717) is 13.1 Å². The third-order valence-corrected chi connectivity index (χ3v) is 3.79. The third-order valence-electron chi connectivity index (χ3n) is 2.57. The minimum atomic E-state index is -0.680. The number of carbonyl (C=O) groups excluding carboxylic acids is 1. The molecule has 15 heavy (non-hydrogen) atoms. The van der Waals surface area contributed by atoms with Gasteiger partial charge in [-0.25, -0.2) is 0 Å². The predicted octanol–water partition coefficient (Wildman–Crippen LogP) is 1.52. The van der Waals surface area contributed by atoms with Crippen LogP contribution < -0.4 is 0 Å². The minimum Gasteiger partial charge on any atom is -0.386 e. The van der Waals surface area contributed by atoms with E-state index in [0.717, 1.165) is 11.3 Å². The van der Waals surface area contributed by atoms with Crippen molar-refractivity contribution in [3.8, 4) is 0 Å². The van der Waals surface area contributed by atoms with E-state index in [1.54, 1.807) is 23.2 Å². The predicted molar refractivity (Wildman–Crippen MR) is 60.2 cm³/mol. The van der Waals surface area contributed by atoms with E-state index in [9.17, 15) is 9.90 Å². The standard InChI is InChI=1S/C11H15NO2S/c1-3-8-4-5-9(15-8)10(13)12-6-11(2,14)7-12/h4-5,14H,3,6-7H2,1-2H3. The Balaban J connectivity index is 2.03. The van der Waals surface area contributed by atoms with E-state index in [2.05, 4.69) is 6.92 Å². The molecule has 1 aromatic rings. The van der Waals surface area contributed by atoms with Gasteiger partial charge in [-0.05, 0) is 25.5 Å². The molecule has 0 unspecified atom stereocenters. The van der Waals surface area contributed by atoms with E-state index in [4.69, 9.17) is 0 Å². The molecule has 0 radical (unpaired) electrons. The van der Waals surface area contributed by atoms with Crippen molar-refractivity contribution in [2.75, 3.05) is 13.1 Å². The number of hydrogen-bond acceptors (Lipinski definition) is 3. The van der Waals surface area contributed by atoms with Crippen molar-refractivity contribution < 1.29 is 9.90 Å². The Morgan fingerprint density at radius 3 is 2.73 bits per heavy atom. The maximum Gasteiger partial charge on any atom is 0.264 e. The zero-order chi connectivity index (χ0) is 11.1.